The summed E-state index contributed by atoms with van der Waals surface area (Å²) in [6.07, 6.45) is 5.39. The molecule has 122 valence electrons. The van der Waals surface area contributed by atoms with Crippen LogP contribution in [0.1, 0.15) is 20.8 Å². The summed E-state index contributed by atoms with van der Waals surface area (Å²) in [5.41, 5.74) is 2.90. The van der Waals surface area contributed by atoms with Gasteiger partial charge in [0, 0.05) is 11.1 Å². The third-order valence-electron chi connectivity index (χ3n) is 4.02. The fraction of sp³-hybridized carbons (Fsp3) is 0. The number of ketones is 1. The summed E-state index contributed by atoms with van der Waals surface area (Å²) < 4.78 is 2.14. The Balaban J connectivity index is 1.79. The first kappa shape index (κ1) is 15.7. The van der Waals surface area contributed by atoms with E-state index in [-0.39, 0.29) is 11.7 Å². The predicted octanol–water partition coefficient (Wildman–Crippen LogP) is 5.27. The van der Waals surface area contributed by atoms with Crippen molar-refractivity contribution in [2.75, 3.05) is 0 Å². The van der Waals surface area contributed by atoms with Crippen LogP contribution in [0.2, 0.25) is 0 Å². The Morgan fingerprint density at radius 1 is 1.00 bits per heavy atom. The molecule has 0 radical (unpaired) electrons. The van der Waals surface area contributed by atoms with Crippen molar-refractivity contribution in [2.24, 2.45) is 0 Å². The van der Waals surface area contributed by atoms with Crippen molar-refractivity contribution >= 4 is 41.5 Å². The van der Waals surface area contributed by atoms with Gasteiger partial charge in [-0.05, 0) is 36.0 Å². The van der Waals surface area contributed by atoms with E-state index in [1.54, 1.807) is 16.7 Å². The number of carbonyl (C=O) groups excluding carboxylic acids is 1. The highest BCUT2D eigenvalue weighted by Gasteiger charge is 2.19. The molecule has 0 unspecified atom stereocenters. The van der Waals surface area contributed by atoms with E-state index in [4.69, 9.17) is 12.2 Å². The highest BCUT2D eigenvalue weighted by Crippen LogP contribution is 2.33. The molecule has 1 aliphatic rings. The molecule has 4 rings (SSSR count). The van der Waals surface area contributed by atoms with Gasteiger partial charge in [0.05, 0.1) is 10.6 Å². The Kier molecular flexibility index (Phi) is 3.95. The van der Waals surface area contributed by atoms with Gasteiger partial charge in [-0.15, -0.1) is 11.3 Å². The molecular formula is C20H13NO2S2. The van der Waals surface area contributed by atoms with E-state index < -0.39 is 0 Å². The molecule has 3 nitrogen and oxygen atoms in total. The lowest BCUT2D eigenvalue weighted by Crippen LogP contribution is -2.07. The van der Waals surface area contributed by atoms with E-state index >= 15 is 0 Å². The monoisotopic (exact) mass is 363 g/mol. The summed E-state index contributed by atoms with van der Waals surface area (Å²) >= 11 is 6.67. The Labute approximate surface area is 153 Å². The number of Topliss-reactive ketones (excluding diaryl/α,β-unsaturated/α-hetero) is 1. The number of rotatable bonds is 2. The summed E-state index contributed by atoms with van der Waals surface area (Å²) in [4.78, 5) is 13.2. The molecule has 0 saturated carbocycles. The van der Waals surface area contributed by atoms with Crippen LogP contribution >= 0.6 is 23.6 Å². The zero-order valence-corrected chi connectivity index (χ0v) is 14.7. The molecule has 2 aromatic carbocycles. The highest BCUT2D eigenvalue weighted by molar-refractivity contribution is 7.73. The largest absolute Gasteiger partial charge is 0.493 e. The van der Waals surface area contributed by atoms with Crippen molar-refractivity contribution in [3.8, 4) is 11.6 Å². The SMILES string of the molecule is O=C1C(=Cc2sc(=S)n(-c3ccccc3)c2O)C=Cc2ccccc21. The van der Waals surface area contributed by atoms with Gasteiger partial charge in [0.15, 0.2) is 9.74 Å². The molecule has 5 heteroatoms. The van der Waals surface area contributed by atoms with Crippen LogP contribution in [-0.4, -0.2) is 15.5 Å². The van der Waals surface area contributed by atoms with Crippen LogP contribution in [0.3, 0.4) is 0 Å². The summed E-state index contributed by atoms with van der Waals surface area (Å²) in [7, 11) is 0. The highest BCUT2D eigenvalue weighted by atomic mass is 32.1. The fourth-order valence-electron chi connectivity index (χ4n) is 2.80. The summed E-state index contributed by atoms with van der Waals surface area (Å²) in [5.74, 6) is -0.00293. The lowest BCUT2D eigenvalue weighted by atomic mass is 9.92. The van der Waals surface area contributed by atoms with E-state index in [9.17, 15) is 9.90 Å². The van der Waals surface area contributed by atoms with Crippen LogP contribution in [0.15, 0.2) is 66.2 Å². The van der Waals surface area contributed by atoms with Crippen molar-refractivity contribution in [2.45, 2.75) is 0 Å². The number of hydrogen-bond donors (Lipinski definition) is 1. The maximum Gasteiger partial charge on any atom is 0.215 e. The zero-order chi connectivity index (χ0) is 17.4. The van der Waals surface area contributed by atoms with Crippen molar-refractivity contribution in [3.05, 3.63) is 86.2 Å². The van der Waals surface area contributed by atoms with Gasteiger partial charge in [-0.2, -0.15) is 0 Å². The van der Waals surface area contributed by atoms with Gasteiger partial charge in [0.25, 0.3) is 0 Å². The zero-order valence-electron chi connectivity index (χ0n) is 13.0. The molecule has 1 aliphatic carbocycles. The smallest absolute Gasteiger partial charge is 0.215 e. The Morgan fingerprint density at radius 2 is 1.72 bits per heavy atom. The fourth-order valence-corrected chi connectivity index (χ4v) is 4.10. The van der Waals surface area contributed by atoms with E-state index in [0.29, 0.717) is 20.0 Å². The van der Waals surface area contributed by atoms with Crippen molar-refractivity contribution in [3.63, 3.8) is 0 Å². The number of thiazole rings is 1. The molecule has 3 aromatic rings. The number of allylic oxidation sites excluding steroid dienone is 2. The standard InChI is InChI=1S/C20H13NO2S2/c22-18-14(11-10-13-6-4-5-9-16(13)18)12-17-19(23)21(20(24)25-17)15-7-2-1-3-8-15/h1-12,23H. The Morgan fingerprint density at radius 3 is 2.52 bits per heavy atom. The first-order chi connectivity index (χ1) is 12.1. The molecule has 0 spiro atoms. The number of aromatic hydroxyl groups is 1. The van der Waals surface area contributed by atoms with Gasteiger partial charge >= 0.3 is 0 Å². The van der Waals surface area contributed by atoms with Crippen LogP contribution in [-0.2, 0) is 0 Å². The van der Waals surface area contributed by atoms with Gasteiger partial charge in [-0.1, -0.05) is 54.6 Å². The average molecular weight is 363 g/mol. The minimum absolute atomic E-state index is 0.0498. The number of carbonyl (C=O) groups is 1. The minimum Gasteiger partial charge on any atom is -0.493 e. The quantitative estimate of drug-likeness (QED) is 0.498. The third kappa shape index (κ3) is 2.77. The normalized spacial score (nSPS) is 14.7. The van der Waals surface area contributed by atoms with Crippen molar-refractivity contribution in [1.29, 1.82) is 0 Å². The maximum absolute atomic E-state index is 12.7. The first-order valence-corrected chi connectivity index (χ1v) is 8.91. The number of fused-ring (bicyclic) bond motifs is 1. The van der Waals surface area contributed by atoms with Crippen molar-refractivity contribution < 1.29 is 9.90 Å². The maximum atomic E-state index is 12.7. The van der Waals surface area contributed by atoms with Crippen molar-refractivity contribution in [1.82, 2.24) is 4.57 Å². The van der Waals surface area contributed by atoms with Gasteiger partial charge in [0.2, 0.25) is 5.88 Å². The van der Waals surface area contributed by atoms with Crippen LogP contribution in [0.25, 0.3) is 17.8 Å². The van der Waals surface area contributed by atoms with Crippen LogP contribution in [0.4, 0.5) is 0 Å². The van der Waals surface area contributed by atoms with E-state index in [2.05, 4.69) is 0 Å². The molecular weight excluding hydrogens is 350 g/mol. The van der Waals surface area contributed by atoms with Gasteiger partial charge < -0.3 is 5.11 Å². The first-order valence-electron chi connectivity index (χ1n) is 7.69. The van der Waals surface area contributed by atoms with E-state index in [1.807, 2.05) is 60.7 Å². The van der Waals surface area contributed by atoms with E-state index in [1.165, 1.54) is 11.3 Å². The number of aromatic nitrogens is 1. The molecule has 0 fully saturated rings. The third-order valence-corrected chi connectivity index (χ3v) is 5.33. The van der Waals surface area contributed by atoms with Crippen LogP contribution < -0.4 is 0 Å². The van der Waals surface area contributed by atoms with Gasteiger partial charge in [0.1, 0.15) is 0 Å². The van der Waals surface area contributed by atoms with Gasteiger partial charge in [-0.25, -0.2) is 0 Å². The minimum atomic E-state index is -0.0527. The molecule has 1 heterocycles. The molecule has 0 saturated heterocycles. The second-order valence-corrected chi connectivity index (χ2v) is 7.25. The van der Waals surface area contributed by atoms with Crippen LogP contribution in [0, 0.1) is 3.95 Å². The number of hydrogen-bond acceptors (Lipinski definition) is 4. The van der Waals surface area contributed by atoms with Crippen LogP contribution in [0.5, 0.6) is 5.88 Å². The number of para-hydroxylation sites is 1. The van der Waals surface area contributed by atoms with E-state index in [0.717, 1.165) is 11.3 Å². The Hall–Kier alpha value is -2.76. The molecule has 1 N–H and O–H groups in total. The average Bonchev–Trinajstić information content (AvgIpc) is 2.92. The molecule has 1 aromatic heterocycles. The summed E-state index contributed by atoms with van der Waals surface area (Å²) in [6.45, 7) is 0. The molecule has 25 heavy (non-hydrogen) atoms. The second kappa shape index (κ2) is 6.27. The second-order valence-electron chi connectivity index (χ2n) is 5.58. The molecule has 0 amide bonds. The lowest BCUT2D eigenvalue weighted by Gasteiger charge is -2.11. The predicted molar refractivity (Wildman–Crippen MR) is 104 cm³/mol. The number of nitrogens with zero attached hydrogens (tertiary/aromatic N) is 1. The molecule has 0 atom stereocenters. The lowest BCUT2D eigenvalue weighted by molar-refractivity contribution is 0.103. The summed E-state index contributed by atoms with van der Waals surface area (Å²) in [5, 5.41) is 10.6. The Bertz CT molecular complexity index is 1090. The number of benzene rings is 2. The molecule has 0 aliphatic heterocycles. The topological polar surface area (TPSA) is 42.2 Å². The van der Waals surface area contributed by atoms with Gasteiger partial charge in [-0.3, -0.25) is 9.36 Å². The summed E-state index contributed by atoms with van der Waals surface area (Å²) in [6, 6.07) is 16.9. The molecule has 0 bridgehead atoms.